The monoisotopic (exact) mass is 419 g/mol. The van der Waals surface area contributed by atoms with Crippen LogP contribution in [0.3, 0.4) is 0 Å². The Labute approximate surface area is 113 Å². The fraction of sp³-hybridized carbons (Fsp3) is 0. The third-order valence-corrected chi connectivity index (χ3v) is 1.88. The molecule has 2 nitrogen and oxygen atoms in total. The molecular weight excluding hydrogens is 414 g/mol. The summed E-state index contributed by atoms with van der Waals surface area (Å²) in [5.41, 5.74) is 0. The number of nitrogens with zero attached hydrogens (tertiary/aromatic N) is 2. The van der Waals surface area contributed by atoms with Crippen molar-refractivity contribution in [2.24, 2.45) is 0 Å². The average molecular weight is 420 g/mol. The molecule has 2 heterocycles. The van der Waals surface area contributed by atoms with E-state index >= 15 is 0 Å². The van der Waals surface area contributed by atoms with Gasteiger partial charge in [-0.15, -0.1) is 17.7 Å². The second-order valence-corrected chi connectivity index (χ2v) is 2.96. The van der Waals surface area contributed by atoms with Crippen molar-refractivity contribution in [3.8, 4) is 0 Å². The van der Waals surface area contributed by atoms with Gasteiger partial charge in [-0.05, 0) is 10.0 Å². The van der Waals surface area contributed by atoms with Crippen LogP contribution in [0.5, 0.6) is 0 Å². The Hall–Kier alpha value is -0.432. The van der Waals surface area contributed by atoms with Crippen LogP contribution in [0.4, 0.5) is 0 Å². The molecule has 0 bridgehead atoms. The van der Waals surface area contributed by atoms with E-state index in [4.69, 9.17) is 23.2 Å². The summed E-state index contributed by atoms with van der Waals surface area (Å²) >= 11 is 11.0. The molecule has 15 heavy (non-hydrogen) atoms. The minimum Gasteiger partial charge on any atom is -0.394 e. The van der Waals surface area contributed by atoms with Crippen molar-refractivity contribution < 1.29 is 21.1 Å². The number of hydrogen-bond acceptors (Lipinski definition) is 2. The molecule has 0 aromatic carbocycles. The van der Waals surface area contributed by atoms with E-state index in [1.54, 1.807) is 18.3 Å². The van der Waals surface area contributed by atoms with Gasteiger partial charge in [0.05, 0.1) is 0 Å². The molecule has 0 atom stereocenters. The van der Waals surface area contributed by atoms with E-state index in [0.29, 0.717) is 10.0 Å². The van der Waals surface area contributed by atoms with Gasteiger partial charge in [-0.25, -0.2) is 0 Å². The van der Waals surface area contributed by atoms with Gasteiger partial charge in [0.15, 0.2) is 0 Å². The fourth-order valence-corrected chi connectivity index (χ4v) is 0.811. The minimum absolute atomic E-state index is 0. The molecule has 80 valence electrons. The second-order valence-electron chi connectivity index (χ2n) is 2.18. The number of pyridine rings is 2. The van der Waals surface area contributed by atoms with E-state index in [1.807, 2.05) is 12.1 Å². The molecule has 5 heteroatoms. The van der Waals surface area contributed by atoms with Crippen LogP contribution in [0.25, 0.3) is 0 Å². The summed E-state index contributed by atoms with van der Waals surface area (Å²) in [6, 6.07) is 7.11. The molecule has 0 aliphatic heterocycles. The van der Waals surface area contributed by atoms with Gasteiger partial charge in [-0.2, -0.15) is 29.8 Å². The van der Waals surface area contributed by atoms with E-state index < -0.39 is 0 Å². The zero-order valence-corrected chi connectivity index (χ0v) is 11.2. The molecule has 0 amide bonds. The Morgan fingerprint density at radius 2 is 1.87 bits per heavy atom. The van der Waals surface area contributed by atoms with E-state index in [2.05, 4.69) is 22.4 Å². The maximum absolute atomic E-state index is 5.51. The van der Waals surface area contributed by atoms with Crippen LogP contribution in [-0.2, 0) is 21.1 Å². The quantitative estimate of drug-likeness (QED) is 0.613. The molecule has 0 saturated heterocycles. The van der Waals surface area contributed by atoms with Gasteiger partial charge in [0.2, 0.25) is 0 Å². The Bertz CT molecular complexity index is 323. The van der Waals surface area contributed by atoms with Gasteiger partial charge < -0.3 is 9.97 Å². The first kappa shape index (κ1) is 14.6. The van der Waals surface area contributed by atoms with Gasteiger partial charge in [0.25, 0.3) is 0 Å². The van der Waals surface area contributed by atoms with Crippen molar-refractivity contribution in [1.82, 2.24) is 9.97 Å². The summed E-state index contributed by atoms with van der Waals surface area (Å²) in [5, 5.41) is 0.857. The molecule has 0 saturated carbocycles. The average Bonchev–Trinajstić information content (AvgIpc) is 2.26. The van der Waals surface area contributed by atoms with E-state index in [1.165, 1.54) is 6.20 Å². The standard InChI is InChI=1S/C5H2Cl2N.C5H4N.Pt/c6-4-1-2-8-3-5(4)7;1-2-4-6-5-3-1;/h1-2H;1-4H;/q2*-1;+2. The Kier molecular flexibility index (Phi) is 8.59. The van der Waals surface area contributed by atoms with Crippen LogP contribution in [-0.4, -0.2) is 9.97 Å². The molecule has 2 aromatic rings. The second kappa shape index (κ2) is 8.84. The van der Waals surface area contributed by atoms with E-state index in [-0.39, 0.29) is 21.1 Å². The fourth-order valence-electron chi connectivity index (χ4n) is 0.601. The van der Waals surface area contributed by atoms with Gasteiger partial charge in [-0.3, -0.25) is 0 Å². The van der Waals surface area contributed by atoms with Gasteiger partial charge in [-0.1, -0.05) is 24.8 Å². The zero-order valence-electron chi connectivity index (χ0n) is 7.43. The molecule has 2 rings (SSSR count). The summed E-state index contributed by atoms with van der Waals surface area (Å²) in [7, 11) is 0. The molecule has 0 unspecified atom stereocenters. The van der Waals surface area contributed by atoms with Gasteiger partial charge in [0.1, 0.15) is 0 Å². The van der Waals surface area contributed by atoms with Crippen LogP contribution >= 0.6 is 23.2 Å². The summed E-state index contributed by atoms with van der Waals surface area (Å²) in [4.78, 5) is 7.26. The Morgan fingerprint density at radius 3 is 2.13 bits per heavy atom. The summed E-state index contributed by atoms with van der Waals surface area (Å²) < 4.78 is 0. The molecular formula is C10H6Cl2N2Pt. The van der Waals surface area contributed by atoms with Crippen molar-refractivity contribution in [2.45, 2.75) is 0 Å². The number of rotatable bonds is 0. The third-order valence-electron chi connectivity index (χ3n) is 1.18. The van der Waals surface area contributed by atoms with Crippen molar-refractivity contribution in [2.75, 3.05) is 0 Å². The van der Waals surface area contributed by atoms with Crippen LogP contribution in [0.2, 0.25) is 10.0 Å². The first-order valence-corrected chi connectivity index (χ1v) is 4.51. The summed E-state index contributed by atoms with van der Waals surface area (Å²) in [6.45, 7) is 0. The minimum atomic E-state index is 0. The number of aromatic nitrogens is 2. The number of halogens is 2. The number of hydrogen-bond donors (Lipinski definition) is 0. The SMILES string of the molecule is Clc1[c-]nccc1Cl.[Pt+2].[c-]1ccccn1. The molecule has 2 aromatic heterocycles. The van der Waals surface area contributed by atoms with E-state index in [9.17, 15) is 0 Å². The topological polar surface area (TPSA) is 25.8 Å². The first-order chi connectivity index (χ1) is 6.80. The maximum Gasteiger partial charge on any atom is 2.00 e. The van der Waals surface area contributed by atoms with Crippen LogP contribution < -0.4 is 0 Å². The normalized spacial score (nSPS) is 8.13. The van der Waals surface area contributed by atoms with Crippen molar-refractivity contribution in [3.05, 3.63) is 59.1 Å². The van der Waals surface area contributed by atoms with Crippen molar-refractivity contribution >= 4 is 23.2 Å². The van der Waals surface area contributed by atoms with Gasteiger partial charge in [0, 0.05) is 0 Å². The maximum atomic E-state index is 5.51. The molecule has 0 aliphatic rings. The molecule has 0 N–H and O–H groups in total. The zero-order chi connectivity index (χ0) is 10.2. The van der Waals surface area contributed by atoms with Crippen molar-refractivity contribution in [1.29, 1.82) is 0 Å². The molecule has 0 fully saturated rings. The smallest absolute Gasteiger partial charge is 0.394 e. The van der Waals surface area contributed by atoms with Crippen molar-refractivity contribution in [3.63, 3.8) is 0 Å². The third kappa shape index (κ3) is 6.61. The molecule has 0 radical (unpaired) electrons. The van der Waals surface area contributed by atoms with Crippen LogP contribution in [0, 0.1) is 12.4 Å². The summed E-state index contributed by atoms with van der Waals surface area (Å²) in [6.07, 6.45) is 8.36. The largest absolute Gasteiger partial charge is 2.00 e. The predicted molar refractivity (Wildman–Crippen MR) is 56.2 cm³/mol. The molecule has 0 aliphatic carbocycles. The Balaban J connectivity index is 0.000000253. The van der Waals surface area contributed by atoms with Crippen LogP contribution in [0.15, 0.2) is 36.7 Å². The Morgan fingerprint density at radius 1 is 1.07 bits per heavy atom. The van der Waals surface area contributed by atoms with Gasteiger partial charge >= 0.3 is 21.1 Å². The first-order valence-electron chi connectivity index (χ1n) is 3.75. The van der Waals surface area contributed by atoms with Crippen LogP contribution in [0.1, 0.15) is 0 Å². The van der Waals surface area contributed by atoms with E-state index in [0.717, 1.165) is 0 Å². The summed E-state index contributed by atoms with van der Waals surface area (Å²) in [5.74, 6) is 0. The predicted octanol–water partition coefficient (Wildman–Crippen LogP) is 3.07. The molecule has 0 spiro atoms.